The summed E-state index contributed by atoms with van der Waals surface area (Å²) in [5, 5.41) is 7.89. The molecule has 1 amide bonds. The van der Waals surface area contributed by atoms with Crippen LogP contribution in [-0.4, -0.2) is 53.3 Å². The molecule has 0 aromatic heterocycles. The Labute approximate surface area is 195 Å². The minimum Gasteiger partial charge on any atom is -0.325 e. The topological polar surface area (TPSA) is 139 Å². The van der Waals surface area contributed by atoms with E-state index in [1.165, 1.54) is 18.2 Å². The molecule has 0 spiro atoms. The molecular weight excluding hydrogens is 464 g/mol. The fourth-order valence-corrected chi connectivity index (χ4v) is 5.48. The maximum absolute atomic E-state index is 12.8. The summed E-state index contributed by atoms with van der Waals surface area (Å²) in [6, 6.07) is 12.0. The molecule has 1 aliphatic rings. The SMILES string of the molecule is Cc1ccc(S(=O)(=O)NCC2CCCN(C(C)C(=O)Nc3cccc(S(N)(=O)=O)c3)C2)cc1. The molecule has 0 bridgehead atoms. The van der Waals surface area contributed by atoms with Crippen molar-refractivity contribution in [2.75, 3.05) is 25.0 Å². The van der Waals surface area contributed by atoms with Crippen molar-refractivity contribution in [3.63, 3.8) is 0 Å². The van der Waals surface area contributed by atoms with Gasteiger partial charge in [-0.25, -0.2) is 26.7 Å². The third-order valence-corrected chi connectivity index (χ3v) is 8.15. The van der Waals surface area contributed by atoms with Gasteiger partial charge in [-0.3, -0.25) is 9.69 Å². The van der Waals surface area contributed by atoms with Crippen LogP contribution in [0.5, 0.6) is 0 Å². The Kier molecular flexibility index (Phi) is 7.91. The van der Waals surface area contributed by atoms with Crippen molar-refractivity contribution in [1.29, 1.82) is 0 Å². The second-order valence-electron chi connectivity index (χ2n) is 8.41. The predicted octanol–water partition coefficient (Wildman–Crippen LogP) is 1.66. The van der Waals surface area contributed by atoms with E-state index >= 15 is 0 Å². The molecule has 2 aromatic carbocycles. The highest BCUT2D eigenvalue weighted by molar-refractivity contribution is 7.89. The van der Waals surface area contributed by atoms with Crippen LogP contribution in [0.1, 0.15) is 25.3 Å². The number of sulfonamides is 2. The number of piperidine rings is 1. The first kappa shape index (κ1) is 25.3. The molecule has 0 saturated carbocycles. The number of aryl methyl sites for hydroxylation is 1. The van der Waals surface area contributed by atoms with Crippen LogP contribution in [0, 0.1) is 12.8 Å². The van der Waals surface area contributed by atoms with Crippen LogP contribution in [0.4, 0.5) is 5.69 Å². The van der Waals surface area contributed by atoms with E-state index in [1.54, 1.807) is 37.3 Å². The molecule has 3 rings (SSSR count). The molecule has 1 aliphatic heterocycles. The Bertz CT molecular complexity index is 1200. The van der Waals surface area contributed by atoms with Crippen LogP contribution in [0.25, 0.3) is 0 Å². The van der Waals surface area contributed by atoms with Crippen LogP contribution in [-0.2, 0) is 24.8 Å². The number of carbonyl (C=O) groups excluding carboxylic acids is 1. The van der Waals surface area contributed by atoms with Crippen LogP contribution < -0.4 is 15.2 Å². The van der Waals surface area contributed by atoms with Gasteiger partial charge in [0, 0.05) is 18.8 Å². The van der Waals surface area contributed by atoms with Gasteiger partial charge in [0.15, 0.2) is 0 Å². The van der Waals surface area contributed by atoms with E-state index in [9.17, 15) is 21.6 Å². The molecule has 1 heterocycles. The Morgan fingerprint density at radius 2 is 1.82 bits per heavy atom. The van der Waals surface area contributed by atoms with Crippen molar-refractivity contribution < 1.29 is 21.6 Å². The van der Waals surface area contributed by atoms with Gasteiger partial charge in [0.1, 0.15) is 0 Å². The van der Waals surface area contributed by atoms with E-state index in [4.69, 9.17) is 5.14 Å². The molecule has 33 heavy (non-hydrogen) atoms. The summed E-state index contributed by atoms with van der Waals surface area (Å²) >= 11 is 0. The molecule has 4 N–H and O–H groups in total. The van der Waals surface area contributed by atoms with Crippen molar-refractivity contribution in [2.45, 2.75) is 42.5 Å². The van der Waals surface area contributed by atoms with Gasteiger partial charge in [0.05, 0.1) is 15.8 Å². The molecule has 11 heteroatoms. The smallest absolute Gasteiger partial charge is 0.241 e. The minimum atomic E-state index is -3.87. The zero-order valence-electron chi connectivity index (χ0n) is 18.7. The lowest BCUT2D eigenvalue weighted by atomic mass is 9.97. The Morgan fingerprint density at radius 3 is 2.48 bits per heavy atom. The maximum Gasteiger partial charge on any atom is 0.241 e. The van der Waals surface area contributed by atoms with Crippen molar-refractivity contribution in [2.24, 2.45) is 11.1 Å². The van der Waals surface area contributed by atoms with Gasteiger partial charge < -0.3 is 5.32 Å². The molecule has 2 atom stereocenters. The Hall–Kier alpha value is -2.31. The zero-order valence-corrected chi connectivity index (χ0v) is 20.3. The van der Waals surface area contributed by atoms with Crippen molar-refractivity contribution in [3.8, 4) is 0 Å². The lowest BCUT2D eigenvalue weighted by Gasteiger charge is -2.36. The standard InChI is InChI=1S/C22H30N4O5S2/c1-16-8-10-20(11-9-16)33(30,31)24-14-18-5-4-12-26(15-18)17(2)22(27)25-19-6-3-7-21(13-19)32(23,28)29/h3,6-11,13,17-18,24H,4-5,12,14-15H2,1-2H3,(H,25,27)(H2,23,28,29). The van der Waals surface area contributed by atoms with Crippen molar-refractivity contribution in [1.82, 2.24) is 9.62 Å². The highest BCUT2D eigenvalue weighted by Crippen LogP contribution is 2.21. The third kappa shape index (κ3) is 6.84. The van der Waals surface area contributed by atoms with E-state index in [1.807, 2.05) is 11.8 Å². The largest absolute Gasteiger partial charge is 0.325 e. The number of amides is 1. The van der Waals surface area contributed by atoms with E-state index < -0.39 is 26.1 Å². The molecular formula is C22H30N4O5S2. The number of likely N-dealkylation sites (tertiary alicyclic amines) is 1. The molecule has 1 saturated heterocycles. The van der Waals surface area contributed by atoms with E-state index in [0.29, 0.717) is 18.8 Å². The highest BCUT2D eigenvalue weighted by Gasteiger charge is 2.28. The zero-order chi connectivity index (χ0) is 24.2. The van der Waals surface area contributed by atoms with Crippen LogP contribution >= 0.6 is 0 Å². The number of hydrogen-bond acceptors (Lipinski definition) is 6. The van der Waals surface area contributed by atoms with Gasteiger partial charge >= 0.3 is 0 Å². The first-order chi connectivity index (χ1) is 15.5. The quantitative estimate of drug-likeness (QED) is 0.510. The number of carbonyl (C=O) groups is 1. The van der Waals surface area contributed by atoms with Gasteiger partial charge in [-0.15, -0.1) is 0 Å². The Morgan fingerprint density at radius 1 is 1.12 bits per heavy atom. The average Bonchev–Trinajstić information content (AvgIpc) is 2.77. The van der Waals surface area contributed by atoms with Gasteiger partial charge in [0.25, 0.3) is 0 Å². The summed E-state index contributed by atoms with van der Waals surface area (Å²) in [6.07, 6.45) is 1.70. The minimum absolute atomic E-state index is 0.0694. The molecule has 2 unspecified atom stereocenters. The second kappa shape index (κ2) is 10.3. The summed E-state index contributed by atoms with van der Waals surface area (Å²) in [5.41, 5.74) is 1.33. The predicted molar refractivity (Wildman–Crippen MR) is 127 cm³/mol. The number of nitrogens with one attached hydrogen (secondary N) is 2. The number of hydrogen-bond donors (Lipinski definition) is 3. The number of rotatable bonds is 8. The third-order valence-electron chi connectivity index (χ3n) is 5.80. The van der Waals surface area contributed by atoms with Gasteiger partial charge in [0.2, 0.25) is 26.0 Å². The summed E-state index contributed by atoms with van der Waals surface area (Å²) < 4.78 is 50.9. The lowest BCUT2D eigenvalue weighted by molar-refractivity contribution is -0.121. The fraction of sp³-hybridized carbons (Fsp3) is 0.409. The number of nitrogens with zero attached hydrogens (tertiary/aromatic N) is 1. The molecule has 2 aromatic rings. The van der Waals surface area contributed by atoms with Crippen molar-refractivity contribution in [3.05, 3.63) is 54.1 Å². The summed E-state index contributed by atoms with van der Waals surface area (Å²) in [5.74, 6) is -0.206. The maximum atomic E-state index is 12.8. The number of anilines is 1. The van der Waals surface area contributed by atoms with Crippen LogP contribution in [0.3, 0.4) is 0 Å². The molecule has 0 radical (unpaired) electrons. The number of benzene rings is 2. The second-order valence-corrected chi connectivity index (χ2v) is 11.7. The normalized spacial score (nSPS) is 18.6. The molecule has 180 valence electrons. The monoisotopic (exact) mass is 494 g/mol. The lowest BCUT2D eigenvalue weighted by Crippen LogP contribution is -2.48. The van der Waals surface area contributed by atoms with Crippen molar-refractivity contribution >= 4 is 31.6 Å². The van der Waals surface area contributed by atoms with Crippen LogP contribution in [0.15, 0.2) is 58.3 Å². The first-order valence-electron chi connectivity index (χ1n) is 10.7. The van der Waals surface area contributed by atoms with Gasteiger partial charge in [-0.1, -0.05) is 23.8 Å². The molecule has 9 nitrogen and oxygen atoms in total. The number of nitrogens with two attached hydrogens (primary N) is 1. The average molecular weight is 495 g/mol. The van der Waals surface area contributed by atoms with E-state index in [2.05, 4.69) is 10.0 Å². The van der Waals surface area contributed by atoms with Gasteiger partial charge in [-0.2, -0.15) is 0 Å². The Balaban J connectivity index is 1.58. The van der Waals surface area contributed by atoms with Gasteiger partial charge in [-0.05, 0) is 69.5 Å². The van der Waals surface area contributed by atoms with E-state index in [0.717, 1.165) is 18.4 Å². The first-order valence-corrected chi connectivity index (χ1v) is 13.7. The highest BCUT2D eigenvalue weighted by atomic mass is 32.2. The number of primary sulfonamides is 1. The summed E-state index contributed by atoms with van der Waals surface area (Å²) in [7, 11) is -7.46. The summed E-state index contributed by atoms with van der Waals surface area (Å²) in [4.78, 5) is 14.9. The summed E-state index contributed by atoms with van der Waals surface area (Å²) in [6.45, 7) is 5.25. The molecule has 1 fully saturated rings. The van der Waals surface area contributed by atoms with Crippen LogP contribution in [0.2, 0.25) is 0 Å². The fourth-order valence-electron chi connectivity index (χ4n) is 3.81. The molecule has 0 aliphatic carbocycles. The van der Waals surface area contributed by atoms with E-state index in [-0.39, 0.29) is 28.2 Å².